The second-order valence-electron chi connectivity index (χ2n) is 7.71. The van der Waals surface area contributed by atoms with Crippen LogP contribution in [0.5, 0.6) is 0 Å². The van der Waals surface area contributed by atoms with E-state index in [4.69, 9.17) is 27.6 Å². The number of nitrogens with one attached hydrogen (secondary N) is 1. The number of halogens is 2. The van der Waals surface area contributed by atoms with Gasteiger partial charge in [0.25, 0.3) is 0 Å². The van der Waals surface area contributed by atoms with Crippen molar-refractivity contribution in [3.63, 3.8) is 0 Å². The van der Waals surface area contributed by atoms with Gasteiger partial charge in [0.15, 0.2) is 0 Å². The first kappa shape index (κ1) is 21.5. The molecule has 4 rings (SSSR count). The molecular formula is C25H24Cl2N2O2. The predicted molar refractivity (Wildman–Crippen MR) is 129 cm³/mol. The number of amides is 1. The van der Waals surface area contributed by atoms with E-state index in [1.165, 1.54) is 31.0 Å². The van der Waals surface area contributed by atoms with Gasteiger partial charge in [0.1, 0.15) is 11.5 Å². The lowest BCUT2D eigenvalue weighted by Gasteiger charge is -2.35. The average molecular weight is 455 g/mol. The van der Waals surface area contributed by atoms with Crippen LogP contribution in [0.4, 0.5) is 11.4 Å². The molecule has 1 aliphatic rings. The van der Waals surface area contributed by atoms with E-state index >= 15 is 0 Å². The van der Waals surface area contributed by atoms with Gasteiger partial charge in [-0.1, -0.05) is 29.3 Å². The highest BCUT2D eigenvalue weighted by molar-refractivity contribution is 6.43. The van der Waals surface area contributed by atoms with Gasteiger partial charge in [-0.15, -0.1) is 0 Å². The predicted octanol–water partition coefficient (Wildman–Crippen LogP) is 7.28. The van der Waals surface area contributed by atoms with Gasteiger partial charge in [0.05, 0.1) is 10.0 Å². The molecule has 1 aromatic heterocycles. The van der Waals surface area contributed by atoms with E-state index in [2.05, 4.69) is 29.3 Å². The number of anilines is 2. The van der Waals surface area contributed by atoms with Crippen LogP contribution >= 0.6 is 23.2 Å². The van der Waals surface area contributed by atoms with E-state index in [1.807, 2.05) is 24.3 Å². The number of benzene rings is 2. The van der Waals surface area contributed by atoms with Crippen LogP contribution in [0.15, 0.2) is 65.1 Å². The van der Waals surface area contributed by atoms with Crippen LogP contribution in [0.25, 0.3) is 17.4 Å². The van der Waals surface area contributed by atoms with Crippen LogP contribution in [0.3, 0.4) is 0 Å². The van der Waals surface area contributed by atoms with Gasteiger partial charge in [0.2, 0.25) is 5.91 Å². The van der Waals surface area contributed by atoms with Gasteiger partial charge in [-0.25, -0.2) is 0 Å². The molecule has 3 aromatic rings. The summed E-state index contributed by atoms with van der Waals surface area (Å²) in [5.41, 5.74) is 2.67. The van der Waals surface area contributed by atoms with Crippen LogP contribution in [0, 0.1) is 0 Å². The monoisotopic (exact) mass is 454 g/mol. The molecule has 0 bridgehead atoms. The molecule has 31 heavy (non-hydrogen) atoms. The minimum Gasteiger partial charge on any atom is -0.457 e. The largest absolute Gasteiger partial charge is 0.457 e. The van der Waals surface area contributed by atoms with Gasteiger partial charge in [-0.3, -0.25) is 4.79 Å². The summed E-state index contributed by atoms with van der Waals surface area (Å²) in [5.74, 6) is 0.920. The highest BCUT2D eigenvalue weighted by Crippen LogP contribution is 2.34. The van der Waals surface area contributed by atoms with Gasteiger partial charge in [-0.05, 0) is 80.8 Å². The molecule has 6 heteroatoms. The van der Waals surface area contributed by atoms with E-state index in [0.29, 0.717) is 33.2 Å². The van der Waals surface area contributed by atoms with Gasteiger partial charge >= 0.3 is 0 Å². The van der Waals surface area contributed by atoms with Crippen LogP contribution in [-0.4, -0.2) is 18.5 Å². The number of nitrogens with zero attached hydrogens (tertiary/aromatic N) is 1. The minimum absolute atomic E-state index is 0.224. The molecule has 1 N–H and O–H groups in total. The van der Waals surface area contributed by atoms with Crippen molar-refractivity contribution in [3.05, 3.63) is 76.5 Å². The maximum atomic E-state index is 12.3. The van der Waals surface area contributed by atoms with Crippen molar-refractivity contribution in [1.29, 1.82) is 0 Å². The Hall–Kier alpha value is -2.69. The summed E-state index contributed by atoms with van der Waals surface area (Å²) in [5, 5.41) is 3.79. The van der Waals surface area contributed by atoms with Crippen molar-refractivity contribution < 1.29 is 9.21 Å². The zero-order valence-corrected chi connectivity index (χ0v) is 18.8. The Labute approximate surface area is 192 Å². The van der Waals surface area contributed by atoms with Crippen LogP contribution in [0.1, 0.15) is 31.9 Å². The molecule has 0 radical (unpaired) electrons. The lowest BCUT2D eigenvalue weighted by molar-refractivity contribution is -0.111. The lowest BCUT2D eigenvalue weighted by Crippen LogP contribution is -2.37. The van der Waals surface area contributed by atoms with Crippen LogP contribution in [-0.2, 0) is 4.79 Å². The summed E-state index contributed by atoms with van der Waals surface area (Å²) in [6.07, 6.45) is 6.82. The van der Waals surface area contributed by atoms with E-state index in [-0.39, 0.29) is 5.91 Å². The van der Waals surface area contributed by atoms with E-state index in [1.54, 1.807) is 24.3 Å². The number of furan rings is 1. The summed E-state index contributed by atoms with van der Waals surface area (Å²) in [6.45, 7) is 3.35. The summed E-state index contributed by atoms with van der Waals surface area (Å²) < 4.78 is 5.78. The number of rotatable bonds is 5. The zero-order valence-electron chi connectivity index (χ0n) is 17.3. The minimum atomic E-state index is -0.224. The third kappa shape index (κ3) is 5.15. The Morgan fingerprint density at radius 1 is 1.10 bits per heavy atom. The maximum Gasteiger partial charge on any atom is 0.248 e. The van der Waals surface area contributed by atoms with Crippen molar-refractivity contribution >= 4 is 46.6 Å². The second kappa shape index (κ2) is 9.63. The van der Waals surface area contributed by atoms with Gasteiger partial charge in [0, 0.05) is 35.6 Å². The summed E-state index contributed by atoms with van der Waals surface area (Å²) in [7, 11) is 0. The third-order valence-electron chi connectivity index (χ3n) is 5.51. The highest BCUT2D eigenvalue weighted by Gasteiger charge is 2.18. The Kier molecular flexibility index (Phi) is 6.69. The molecule has 4 nitrogen and oxygen atoms in total. The molecule has 1 amide bonds. The molecule has 0 saturated carbocycles. The first-order chi connectivity index (χ1) is 15.0. The van der Waals surface area contributed by atoms with Crippen molar-refractivity contribution in [3.8, 4) is 11.3 Å². The molecule has 2 heterocycles. The SMILES string of the molecule is C[C@@H]1CCCCN1c1ccc(NC(=O)/C=C/c2ccc(-c3cccc(Cl)c3Cl)o2)cc1. The Morgan fingerprint density at radius 3 is 2.68 bits per heavy atom. The van der Waals surface area contributed by atoms with Crippen molar-refractivity contribution in [2.45, 2.75) is 32.2 Å². The van der Waals surface area contributed by atoms with Crippen molar-refractivity contribution in [2.24, 2.45) is 0 Å². The fraction of sp³-hybridized carbons (Fsp3) is 0.240. The number of hydrogen-bond donors (Lipinski definition) is 1. The number of carbonyl (C=O) groups excluding carboxylic acids is 1. The van der Waals surface area contributed by atoms with Crippen molar-refractivity contribution in [2.75, 3.05) is 16.8 Å². The third-order valence-corrected chi connectivity index (χ3v) is 6.33. The second-order valence-corrected chi connectivity index (χ2v) is 8.50. The normalized spacial score (nSPS) is 16.6. The maximum absolute atomic E-state index is 12.3. The fourth-order valence-corrected chi connectivity index (χ4v) is 4.23. The summed E-state index contributed by atoms with van der Waals surface area (Å²) in [6, 6.07) is 17.5. The summed E-state index contributed by atoms with van der Waals surface area (Å²) in [4.78, 5) is 14.7. The lowest BCUT2D eigenvalue weighted by atomic mass is 10.0. The molecule has 1 saturated heterocycles. The van der Waals surface area contributed by atoms with Crippen molar-refractivity contribution in [1.82, 2.24) is 0 Å². The van der Waals surface area contributed by atoms with E-state index in [0.717, 1.165) is 12.2 Å². The number of hydrogen-bond acceptors (Lipinski definition) is 3. The molecule has 1 atom stereocenters. The fourth-order valence-electron chi connectivity index (χ4n) is 3.84. The molecule has 0 aliphatic carbocycles. The number of carbonyl (C=O) groups is 1. The first-order valence-electron chi connectivity index (χ1n) is 10.4. The summed E-state index contributed by atoms with van der Waals surface area (Å²) >= 11 is 12.3. The average Bonchev–Trinajstić information content (AvgIpc) is 3.24. The quantitative estimate of drug-likeness (QED) is 0.411. The standard InChI is InChI=1S/C25H24Cl2N2O2/c1-17-5-2-3-16-29(17)19-10-8-18(9-11-19)28-24(30)15-13-20-12-14-23(31-20)21-6-4-7-22(26)25(21)27/h4,6-15,17H,2-3,5,16H2,1H3,(H,28,30)/b15-13+/t17-/m1/s1. The van der Waals surface area contributed by atoms with Gasteiger partial charge < -0.3 is 14.6 Å². The molecular weight excluding hydrogens is 431 g/mol. The number of piperidine rings is 1. The smallest absolute Gasteiger partial charge is 0.248 e. The molecule has 0 spiro atoms. The topological polar surface area (TPSA) is 45.5 Å². The van der Waals surface area contributed by atoms with Crippen LogP contribution < -0.4 is 10.2 Å². The Bertz CT molecular complexity index is 1090. The van der Waals surface area contributed by atoms with E-state index in [9.17, 15) is 4.79 Å². The zero-order chi connectivity index (χ0) is 21.8. The molecule has 2 aromatic carbocycles. The van der Waals surface area contributed by atoms with E-state index < -0.39 is 0 Å². The first-order valence-corrected chi connectivity index (χ1v) is 11.2. The molecule has 160 valence electrons. The van der Waals surface area contributed by atoms with Crippen LogP contribution in [0.2, 0.25) is 10.0 Å². The highest BCUT2D eigenvalue weighted by atomic mass is 35.5. The molecule has 1 aliphatic heterocycles. The Morgan fingerprint density at radius 2 is 1.90 bits per heavy atom. The Balaban J connectivity index is 1.38. The molecule has 0 unspecified atom stereocenters. The van der Waals surface area contributed by atoms with Gasteiger partial charge in [-0.2, -0.15) is 0 Å². The molecule has 1 fully saturated rings.